The molecule has 0 atom stereocenters. The molecule has 0 saturated heterocycles. The molecule has 23 heavy (non-hydrogen) atoms. The lowest BCUT2D eigenvalue weighted by atomic mass is 10.1. The predicted molar refractivity (Wildman–Crippen MR) is 103 cm³/mol. The van der Waals surface area contributed by atoms with Crippen LogP contribution in [-0.2, 0) is 19.9 Å². The average molecular weight is 343 g/mol. The third kappa shape index (κ3) is 4.85. The minimum absolute atomic E-state index is 0.892. The molecule has 2 rings (SSSR count). The van der Waals surface area contributed by atoms with Gasteiger partial charge in [-0.25, -0.2) is 0 Å². The van der Waals surface area contributed by atoms with Crippen molar-refractivity contribution in [1.29, 1.82) is 0 Å². The van der Waals surface area contributed by atoms with Gasteiger partial charge in [0.25, 0.3) is 0 Å². The van der Waals surface area contributed by atoms with E-state index in [0.717, 1.165) is 23.2 Å². The van der Waals surface area contributed by atoms with E-state index in [1.807, 2.05) is 31.5 Å². The summed E-state index contributed by atoms with van der Waals surface area (Å²) in [5, 5.41) is 0. The molecule has 2 aromatic heterocycles. The van der Waals surface area contributed by atoms with Crippen molar-refractivity contribution < 1.29 is 0 Å². The fourth-order valence-electron chi connectivity index (χ4n) is 2.37. The van der Waals surface area contributed by atoms with Crippen molar-refractivity contribution in [2.24, 2.45) is 7.05 Å². The third-order valence-corrected chi connectivity index (χ3v) is 5.40. The van der Waals surface area contributed by atoms with E-state index in [1.165, 1.54) is 21.7 Å². The van der Waals surface area contributed by atoms with Gasteiger partial charge in [-0.1, -0.05) is 30.9 Å². The second-order valence-electron chi connectivity index (χ2n) is 5.30. The summed E-state index contributed by atoms with van der Waals surface area (Å²) < 4.78 is 3.07. The summed E-state index contributed by atoms with van der Waals surface area (Å²) in [4.78, 5) is 5.45. The number of hydrogen-bond donors (Lipinski definition) is 0. The number of aryl methyl sites for hydroxylation is 1. The van der Waals surface area contributed by atoms with Gasteiger partial charge in [0.1, 0.15) is 0 Å². The first kappa shape index (κ1) is 17.6. The van der Waals surface area contributed by atoms with E-state index in [-0.39, 0.29) is 0 Å². The maximum absolute atomic E-state index is 5.48. The van der Waals surface area contributed by atoms with E-state index in [4.69, 9.17) is 12.2 Å². The highest BCUT2D eigenvalue weighted by molar-refractivity contribution is 7.73. The molecule has 0 spiro atoms. The Bertz CT molecular complexity index is 764. The Morgan fingerprint density at radius 3 is 2.78 bits per heavy atom. The van der Waals surface area contributed by atoms with Crippen LogP contribution < -0.4 is 0 Å². The summed E-state index contributed by atoms with van der Waals surface area (Å²) in [6, 6.07) is 4.12. The first-order valence-electron chi connectivity index (χ1n) is 7.66. The SMILES string of the molecule is C=C/C(=C\C=C/C)CCc1sc(=S)n(C)c1Cc1ccncc1. The number of nitrogens with zero attached hydrogens (tertiary/aromatic N) is 2. The van der Waals surface area contributed by atoms with Gasteiger partial charge in [0.2, 0.25) is 0 Å². The van der Waals surface area contributed by atoms with Crippen molar-refractivity contribution in [1.82, 2.24) is 9.55 Å². The van der Waals surface area contributed by atoms with Crippen LogP contribution in [0.25, 0.3) is 0 Å². The highest BCUT2D eigenvalue weighted by Gasteiger charge is 2.11. The van der Waals surface area contributed by atoms with Crippen molar-refractivity contribution in [2.75, 3.05) is 0 Å². The molecular formula is C19H22N2S2. The van der Waals surface area contributed by atoms with E-state index in [0.29, 0.717) is 0 Å². The summed E-state index contributed by atoms with van der Waals surface area (Å²) >= 11 is 7.20. The van der Waals surface area contributed by atoms with Gasteiger partial charge in [-0.2, -0.15) is 0 Å². The second-order valence-corrected chi connectivity index (χ2v) is 7.03. The van der Waals surface area contributed by atoms with Crippen LogP contribution in [0.3, 0.4) is 0 Å². The molecule has 120 valence electrons. The van der Waals surface area contributed by atoms with Gasteiger partial charge in [0.15, 0.2) is 3.95 Å². The van der Waals surface area contributed by atoms with Crippen LogP contribution in [0.1, 0.15) is 29.5 Å². The van der Waals surface area contributed by atoms with Gasteiger partial charge < -0.3 is 4.57 Å². The van der Waals surface area contributed by atoms with Crippen LogP contribution >= 0.6 is 23.6 Å². The molecule has 0 unspecified atom stereocenters. The number of hydrogen-bond acceptors (Lipinski definition) is 3. The quantitative estimate of drug-likeness (QED) is 0.494. The van der Waals surface area contributed by atoms with E-state index in [9.17, 15) is 0 Å². The molecule has 0 aliphatic heterocycles. The van der Waals surface area contributed by atoms with E-state index < -0.39 is 0 Å². The first-order chi connectivity index (χ1) is 11.2. The van der Waals surface area contributed by atoms with Gasteiger partial charge in [0.05, 0.1) is 0 Å². The monoisotopic (exact) mass is 342 g/mol. The maximum Gasteiger partial charge on any atom is 0.161 e. The summed E-state index contributed by atoms with van der Waals surface area (Å²) in [6.45, 7) is 5.93. The third-order valence-electron chi connectivity index (χ3n) is 3.74. The lowest BCUT2D eigenvalue weighted by Gasteiger charge is -2.07. The van der Waals surface area contributed by atoms with Crippen molar-refractivity contribution in [3.05, 3.63) is 81.1 Å². The van der Waals surface area contributed by atoms with Crippen LogP contribution in [0.4, 0.5) is 0 Å². The lowest BCUT2D eigenvalue weighted by molar-refractivity contribution is 0.818. The molecule has 2 heterocycles. The highest BCUT2D eigenvalue weighted by atomic mass is 32.1. The minimum Gasteiger partial charge on any atom is -0.330 e. The number of pyridine rings is 1. The van der Waals surface area contributed by atoms with Crippen LogP contribution in [0.15, 0.2) is 61.0 Å². The van der Waals surface area contributed by atoms with Gasteiger partial charge in [0, 0.05) is 36.4 Å². The molecular weight excluding hydrogens is 320 g/mol. The largest absolute Gasteiger partial charge is 0.330 e. The summed E-state index contributed by atoms with van der Waals surface area (Å²) in [5.41, 5.74) is 3.82. The van der Waals surface area contributed by atoms with E-state index >= 15 is 0 Å². The van der Waals surface area contributed by atoms with Crippen LogP contribution in [0.5, 0.6) is 0 Å². The summed E-state index contributed by atoms with van der Waals surface area (Å²) in [5.74, 6) is 0. The zero-order chi connectivity index (χ0) is 16.7. The van der Waals surface area contributed by atoms with E-state index in [2.05, 4.69) is 47.5 Å². The molecule has 0 N–H and O–H groups in total. The maximum atomic E-state index is 5.48. The molecule has 0 amide bonds. The second kappa shape index (κ2) is 8.75. The van der Waals surface area contributed by atoms with Crippen molar-refractivity contribution >= 4 is 23.6 Å². The van der Waals surface area contributed by atoms with Crippen molar-refractivity contribution in [3.8, 4) is 0 Å². The molecule has 0 aromatic carbocycles. The van der Waals surface area contributed by atoms with Crippen LogP contribution in [-0.4, -0.2) is 9.55 Å². The smallest absolute Gasteiger partial charge is 0.161 e. The van der Waals surface area contributed by atoms with Crippen LogP contribution in [0, 0.1) is 3.95 Å². The Hall–Kier alpha value is -1.78. The summed E-state index contributed by atoms with van der Waals surface area (Å²) in [7, 11) is 2.06. The van der Waals surface area contributed by atoms with E-state index in [1.54, 1.807) is 11.3 Å². The molecule has 0 saturated carbocycles. The molecule has 2 aromatic rings. The molecule has 0 aliphatic carbocycles. The normalized spacial score (nSPS) is 12.0. The minimum atomic E-state index is 0.892. The molecule has 0 radical (unpaired) electrons. The number of allylic oxidation sites excluding steroid dienone is 5. The fraction of sp³-hybridized carbons (Fsp3) is 0.263. The number of thiazole rings is 1. The van der Waals surface area contributed by atoms with Crippen molar-refractivity contribution in [2.45, 2.75) is 26.2 Å². The van der Waals surface area contributed by atoms with Gasteiger partial charge in [-0.15, -0.1) is 11.3 Å². The standard InChI is InChI=1S/C19H22N2S2/c1-4-6-7-15(5-2)8-9-18-17(21(3)19(22)23-18)14-16-10-12-20-13-11-16/h4-7,10-13H,2,8-9,14H2,1,3H3/b6-4-,15-7+. The Balaban J connectivity index is 2.21. The predicted octanol–water partition coefficient (Wildman–Crippen LogP) is 5.42. The fourth-order valence-corrected chi connectivity index (χ4v) is 3.77. The Labute approximate surface area is 147 Å². The average Bonchev–Trinajstić information content (AvgIpc) is 2.84. The number of rotatable bonds is 7. The summed E-state index contributed by atoms with van der Waals surface area (Å²) in [6.07, 6.45) is 14.7. The lowest BCUT2D eigenvalue weighted by Crippen LogP contribution is -2.01. The molecule has 0 bridgehead atoms. The number of aromatic nitrogens is 2. The van der Waals surface area contributed by atoms with Gasteiger partial charge in [-0.3, -0.25) is 4.98 Å². The van der Waals surface area contributed by atoms with Crippen LogP contribution in [0.2, 0.25) is 0 Å². The zero-order valence-corrected chi connectivity index (χ0v) is 15.3. The van der Waals surface area contributed by atoms with Crippen molar-refractivity contribution in [3.63, 3.8) is 0 Å². The van der Waals surface area contributed by atoms with Gasteiger partial charge >= 0.3 is 0 Å². The molecule has 2 nitrogen and oxygen atoms in total. The first-order valence-corrected chi connectivity index (χ1v) is 8.89. The topological polar surface area (TPSA) is 17.8 Å². The van der Waals surface area contributed by atoms with Gasteiger partial charge in [-0.05, 0) is 55.3 Å². The Kier molecular flexibility index (Phi) is 6.68. The molecule has 0 aliphatic rings. The Morgan fingerprint density at radius 1 is 1.39 bits per heavy atom. The highest BCUT2D eigenvalue weighted by Crippen LogP contribution is 2.24. The molecule has 4 heteroatoms. The zero-order valence-electron chi connectivity index (χ0n) is 13.7. The molecule has 0 fully saturated rings. The Morgan fingerprint density at radius 2 is 2.13 bits per heavy atom.